The van der Waals surface area contributed by atoms with Crippen LogP contribution in [0.1, 0.15) is 82.2 Å². The standard InChI is InChI=1S/C38H40N4O4/c1-45-33-18-23(38(44)41-24-9-4-3-5-10-24)12-14-26(33)27-19-32(43)34(46-2)20-28(27)36-30-16-21-8-6-7-11-25(21)35(30)29-17-22(37(39)40)13-15-31(29)42-36/h6-8,11-15,17-20,24,30,35-36,42-43H,3-5,9-10,16H2,1-2H3,(H3,39,40)(H,41,44). The molecule has 8 heteroatoms. The number of phenols is 1. The zero-order valence-corrected chi connectivity index (χ0v) is 26.2. The van der Waals surface area contributed by atoms with Gasteiger partial charge in [0, 0.05) is 34.3 Å². The Morgan fingerprint density at radius 2 is 1.63 bits per heavy atom. The molecule has 0 spiro atoms. The van der Waals surface area contributed by atoms with Crippen LogP contribution in [0.15, 0.2) is 72.8 Å². The molecule has 1 heterocycles. The van der Waals surface area contributed by atoms with Gasteiger partial charge in [0.25, 0.3) is 5.91 Å². The molecule has 1 fully saturated rings. The van der Waals surface area contributed by atoms with Crippen molar-refractivity contribution < 1.29 is 19.4 Å². The molecule has 3 aliphatic rings. The van der Waals surface area contributed by atoms with Crippen molar-refractivity contribution in [2.75, 3.05) is 19.5 Å². The molecule has 3 atom stereocenters. The Hall–Kier alpha value is -4.98. The molecule has 46 heavy (non-hydrogen) atoms. The van der Waals surface area contributed by atoms with Gasteiger partial charge >= 0.3 is 0 Å². The highest BCUT2D eigenvalue weighted by Gasteiger charge is 2.44. The molecule has 1 aliphatic heterocycles. The molecule has 0 radical (unpaired) electrons. The van der Waals surface area contributed by atoms with E-state index in [4.69, 9.17) is 20.6 Å². The summed E-state index contributed by atoms with van der Waals surface area (Å²) in [6.45, 7) is 0. The summed E-state index contributed by atoms with van der Waals surface area (Å²) in [6.07, 6.45) is 6.37. The number of aromatic hydroxyl groups is 1. The zero-order chi connectivity index (χ0) is 31.9. The molecule has 8 nitrogen and oxygen atoms in total. The first-order valence-corrected chi connectivity index (χ1v) is 16.1. The van der Waals surface area contributed by atoms with E-state index in [9.17, 15) is 9.90 Å². The molecule has 3 unspecified atom stereocenters. The number of anilines is 1. The van der Waals surface area contributed by atoms with Gasteiger partial charge < -0.3 is 30.9 Å². The number of phenolic OH excluding ortho intramolecular Hbond substituents is 1. The van der Waals surface area contributed by atoms with E-state index in [1.54, 1.807) is 26.4 Å². The Morgan fingerprint density at radius 3 is 2.39 bits per heavy atom. The molecule has 0 bridgehead atoms. The van der Waals surface area contributed by atoms with Gasteiger partial charge in [-0.2, -0.15) is 0 Å². The summed E-state index contributed by atoms with van der Waals surface area (Å²) in [6, 6.07) is 23.7. The van der Waals surface area contributed by atoms with Crippen LogP contribution in [0.3, 0.4) is 0 Å². The molecule has 1 amide bonds. The number of nitrogens with two attached hydrogens (primary N) is 1. The Bertz CT molecular complexity index is 1830. The molecular weight excluding hydrogens is 576 g/mol. The largest absolute Gasteiger partial charge is 0.504 e. The van der Waals surface area contributed by atoms with Crippen LogP contribution in [-0.4, -0.2) is 37.1 Å². The normalized spacial score (nSPS) is 20.1. The second-order valence-corrected chi connectivity index (χ2v) is 12.7. The molecule has 1 saturated carbocycles. The van der Waals surface area contributed by atoms with Crippen molar-refractivity contribution in [1.29, 1.82) is 5.41 Å². The average molecular weight is 617 g/mol. The van der Waals surface area contributed by atoms with Crippen molar-refractivity contribution in [3.05, 3.63) is 106 Å². The number of fused-ring (bicyclic) bond motifs is 5. The highest BCUT2D eigenvalue weighted by atomic mass is 16.5. The minimum atomic E-state index is -0.156. The Balaban J connectivity index is 1.33. The fraction of sp³-hybridized carbons (Fsp3) is 0.316. The maximum atomic E-state index is 13.2. The summed E-state index contributed by atoms with van der Waals surface area (Å²) in [5.74, 6) is 1.11. The third kappa shape index (κ3) is 5.21. The van der Waals surface area contributed by atoms with Crippen LogP contribution in [0.5, 0.6) is 17.2 Å². The van der Waals surface area contributed by atoms with Gasteiger partial charge in [-0.3, -0.25) is 10.2 Å². The van der Waals surface area contributed by atoms with Crippen LogP contribution in [-0.2, 0) is 6.42 Å². The number of hydrogen-bond acceptors (Lipinski definition) is 6. The summed E-state index contributed by atoms with van der Waals surface area (Å²) < 4.78 is 11.5. The van der Waals surface area contributed by atoms with Crippen molar-refractivity contribution in [1.82, 2.24) is 5.32 Å². The summed E-state index contributed by atoms with van der Waals surface area (Å²) in [4.78, 5) is 13.2. The molecule has 2 aliphatic carbocycles. The lowest BCUT2D eigenvalue weighted by Crippen LogP contribution is -2.36. The van der Waals surface area contributed by atoms with Crippen molar-refractivity contribution in [2.45, 2.75) is 56.5 Å². The molecule has 4 aromatic carbocycles. The van der Waals surface area contributed by atoms with Gasteiger partial charge in [0.1, 0.15) is 11.6 Å². The topological polar surface area (TPSA) is 130 Å². The Labute approximate surface area is 269 Å². The van der Waals surface area contributed by atoms with Crippen molar-refractivity contribution in [2.24, 2.45) is 11.7 Å². The molecular formula is C38H40N4O4. The Morgan fingerprint density at radius 1 is 0.870 bits per heavy atom. The summed E-state index contributed by atoms with van der Waals surface area (Å²) in [5, 5.41) is 26.2. The van der Waals surface area contributed by atoms with Gasteiger partial charge in [-0.25, -0.2) is 0 Å². The summed E-state index contributed by atoms with van der Waals surface area (Å²) in [7, 11) is 3.16. The van der Waals surface area contributed by atoms with E-state index in [1.165, 1.54) is 17.5 Å². The highest BCUT2D eigenvalue weighted by molar-refractivity contribution is 5.97. The fourth-order valence-electron chi connectivity index (χ4n) is 7.85. The molecule has 6 N–H and O–H groups in total. The predicted octanol–water partition coefficient (Wildman–Crippen LogP) is 6.89. The van der Waals surface area contributed by atoms with Crippen LogP contribution in [0.4, 0.5) is 5.69 Å². The van der Waals surface area contributed by atoms with Crippen LogP contribution in [0.25, 0.3) is 11.1 Å². The zero-order valence-electron chi connectivity index (χ0n) is 26.2. The first kappa shape index (κ1) is 29.7. The minimum Gasteiger partial charge on any atom is -0.504 e. The van der Waals surface area contributed by atoms with E-state index in [0.29, 0.717) is 22.6 Å². The lowest BCUT2D eigenvalue weighted by Gasteiger charge is -2.39. The smallest absolute Gasteiger partial charge is 0.251 e. The van der Waals surface area contributed by atoms with E-state index in [-0.39, 0.29) is 41.4 Å². The number of nitrogen functional groups attached to an aromatic ring is 1. The lowest BCUT2D eigenvalue weighted by molar-refractivity contribution is 0.0927. The first-order chi connectivity index (χ1) is 22.4. The molecule has 236 valence electrons. The first-order valence-electron chi connectivity index (χ1n) is 16.1. The predicted molar refractivity (Wildman–Crippen MR) is 180 cm³/mol. The van der Waals surface area contributed by atoms with Gasteiger partial charge in [-0.05, 0) is 102 Å². The third-order valence-corrected chi connectivity index (χ3v) is 10.1. The van der Waals surface area contributed by atoms with Crippen molar-refractivity contribution in [3.8, 4) is 28.4 Å². The van der Waals surface area contributed by atoms with Crippen molar-refractivity contribution in [3.63, 3.8) is 0 Å². The number of rotatable bonds is 7. The number of amidine groups is 1. The number of carbonyl (C=O) groups is 1. The van der Waals surface area contributed by atoms with Crippen LogP contribution >= 0.6 is 0 Å². The SMILES string of the molecule is COc1cc(C2Nc3ccc(C(=N)N)cc3C3c4ccccc4CC23)c(-c2ccc(C(=O)NC3CCCCC3)cc2OC)cc1O. The van der Waals surface area contributed by atoms with Gasteiger partial charge in [-0.15, -0.1) is 0 Å². The second kappa shape index (κ2) is 12.1. The molecule has 4 aromatic rings. The van der Waals surface area contributed by atoms with Gasteiger partial charge in [0.15, 0.2) is 11.5 Å². The summed E-state index contributed by atoms with van der Waals surface area (Å²) in [5.41, 5.74) is 14.4. The number of amides is 1. The molecule has 7 rings (SSSR count). The number of nitrogens with one attached hydrogen (secondary N) is 3. The van der Waals surface area contributed by atoms with E-state index in [0.717, 1.165) is 60.0 Å². The quantitative estimate of drug-likeness (QED) is 0.114. The van der Waals surface area contributed by atoms with Crippen molar-refractivity contribution >= 4 is 17.4 Å². The number of methoxy groups -OCH3 is 2. The average Bonchev–Trinajstić information content (AvgIpc) is 3.48. The van der Waals surface area contributed by atoms with Gasteiger partial charge in [-0.1, -0.05) is 43.5 Å². The monoisotopic (exact) mass is 616 g/mol. The third-order valence-electron chi connectivity index (χ3n) is 10.1. The molecule has 0 aromatic heterocycles. The number of benzene rings is 4. The highest BCUT2D eigenvalue weighted by Crippen LogP contribution is 2.56. The van der Waals surface area contributed by atoms with E-state index >= 15 is 0 Å². The molecule has 0 saturated heterocycles. The van der Waals surface area contributed by atoms with E-state index in [1.807, 2.05) is 36.4 Å². The number of hydrogen-bond donors (Lipinski definition) is 5. The van der Waals surface area contributed by atoms with E-state index in [2.05, 4.69) is 34.9 Å². The maximum Gasteiger partial charge on any atom is 0.251 e. The van der Waals surface area contributed by atoms with E-state index < -0.39 is 0 Å². The Kier molecular flexibility index (Phi) is 7.80. The van der Waals surface area contributed by atoms with Gasteiger partial charge in [0.05, 0.1) is 20.3 Å². The maximum absolute atomic E-state index is 13.2. The van der Waals surface area contributed by atoms with Crippen LogP contribution < -0.4 is 25.8 Å². The van der Waals surface area contributed by atoms with Crippen LogP contribution in [0.2, 0.25) is 0 Å². The fourth-order valence-corrected chi connectivity index (χ4v) is 7.85. The second-order valence-electron chi connectivity index (χ2n) is 12.7. The lowest BCUT2D eigenvalue weighted by atomic mass is 9.74. The number of carbonyl (C=O) groups excluding carboxylic acids is 1. The minimum absolute atomic E-state index is 0.0241. The summed E-state index contributed by atoms with van der Waals surface area (Å²) >= 11 is 0. The van der Waals surface area contributed by atoms with Crippen LogP contribution in [0, 0.1) is 11.3 Å². The van der Waals surface area contributed by atoms with Gasteiger partial charge in [0.2, 0.25) is 0 Å². The number of ether oxygens (including phenoxy) is 2.